The zero-order valence-electron chi connectivity index (χ0n) is 17.1. The fraction of sp³-hybridized carbons (Fsp3) is 0.304. The van der Waals surface area contributed by atoms with Crippen molar-refractivity contribution in [3.05, 3.63) is 60.7 Å². The molecule has 2 aliphatic rings. The summed E-state index contributed by atoms with van der Waals surface area (Å²) >= 11 is 0. The Bertz CT molecular complexity index is 1110. The van der Waals surface area contributed by atoms with Crippen LogP contribution in [-0.2, 0) is 11.0 Å². The molecule has 2 fully saturated rings. The third kappa shape index (κ3) is 4.23. The van der Waals surface area contributed by atoms with Gasteiger partial charge in [0.25, 0.3) is 0 Å². The average molecular weight is 438 g/mol. The van der Waals surface area contributed by atoms with E-state index in [1.165, 1.54) is 31.3 Å². The summed E-state index contributed by atoms with van der Waals surface area (Å²) in [5.74, 6) is -0.236. The van der Waals surface area contributed by atoms with E-state index in [2.05, 4.69) is 14.9 Å². The molecule has 8 heteroatoms. The Morgan fingerprint density at radius 2 is 1.65 bits per heavy atom. The molecule has 31 heavy (non-hydrogen) atoms. The van der Waals surface area contributed by atoms with E-state index in [4.69, 9.17) is 5.73 Å². The summed E-state index contributed by atoms with van der Waals surface area (Å²) in [6.45, 7) is 3.46. The average Bonchev–Trinajstić information content (AvgIpc) is 3.65. The van der Waals surface area contributed by atoms with Crippen LogP contribution in [0.15, 0.2) is 59.8 Å². The fourth-order valence-electron chi connectivity index (χ4n) is 4.06. The van der Waals surface area contributed by atoms with Gasteiger partial charge in [-0.05, 0) is 36.1 Å². The van der Waals surface area contributed by atoms with Crippen molar-refractivity contribution in [2.45, 2.75) is 23.8 Å². The topological polar surface area (TPSA) is 75.3 Å². The molecule has 1 aromatic heterocycles. The molecule has 0 radical (unpaired) electrons. The van der Waals surface area contributed by atoms with Crippen molar-refractivity contribution in [1.29, 1.82) is 0 Å². The highest BCUT2D eigenvalue weighted by atomic mass is 32.2. The Kier molecular flexibility index (Phi) is 5.52. The summed E-state index contributed by atoms with van der Waals surface area (Å²) in [7, 11) is -1.29. The Labute approximate surface area is 183 Å². The summed E-state index contributed by atoms with van der Waals surface area (Å²) in [5, 5.41) is 0. The van der Waals surface area contributed by atoms with Crippen LogP contribution in [-0.4, -0.2) is 55.6 Å². The van der Waals surface area contributed by atoms with Gasteiger partial charge in [-0.1, -0.05) is 30.3 Å². The SMILES string of the molecule is Nc1ncc(-c2ccc(-c3ccccc3S(=O)N3CCN(C4CC4)CC3)cc2F)cn1. The van der Waals surface area contributed by atoms with Crippen molar-refractivity contribution in [3.8, 4) is 22.3 Å². The molecule has 1 unspecified atom stereocenters. The van der Waals surface area contributed by atoms with Crippen molar-refractivity contribution in [3.63, 3.8) is 0 Å². The molecule has 1 saturated heterocycles. The minimum atomic E-state index is -1.29. The van der Waals surface area contributed by atoms with Crippen molar-refractivity contribution in [2.75, 3.05) is 31.9 Å². The zero-order chi connectivity index (χ0) is 21.4. The van der Waals surface area contributed by atoms with E-state index in [-0.39, 0.29) is 11.8 Å². The van der Waals surface area contributed by atoms with Gasteiger partial charge in [0.15, 0.2) is 0 Å². The molecule has 2 N–H and O–H groups in total. The number of hydrogen-bond donors (Lipinski definition) is 1. The first-order chi connectivity index (χ1) is 15.1. The minimum absolute atomic E-state index is 0.148. The number of rotatable bonds is 5. The first-order valence-electron chi connectivity index (χ1n) is 10.5. The summed E-state index contributed by atoms with van der Waals surface area (Å²) in [6, 6.07) is 13.3. The lowest BCUT2D eigenvalue weighted by Crippen LogP contribution is -2.47. The minimum Gasteiger partial charge on any atom is -0.368 e. The van der Waals surface area contributed by atoms with Crippen molar-refractivity contribution in [1.82, 2.24) is 19.2 Å². The normalized spacial score (nSPS) is 18.7. The molecule has 160 valence electrons. The van der Waals surface area contributed by atoms with Gasteiger partial charge in [-0.15, -0.1) is 0 Å². The fourth-order valence-corrected chi connectivity index (χ4v) is 5.41. The quantitative estimate of drug-likeness (QED) is 0.663. The van der Waals surface area contributed by atoms with Crippen LogP contribution in [0.1, 0.15) is 12.8 Å². The van der Waals surface area contributed by atoms with Crippen LogP contribution in [0.3, 0.4) is 0 Å². The molecule has 0 amide bonds. The highest BCUT2D eigenvalue weighted by Crippen LogP contribution is 2.32. The Hall–Kier alpha value is -2.68. The van der Waals surface area contributed by atoms with Gasteiger partial charge in [0.1, 0.15) is 16.8 Å². The monoisotopic (exact) mass is 437 g/mol. The van der Waals surface area contributed by atoms with E-state index in [1.54, 1.807) is 6.07 Å². The second kappa shape index (κ2) is 8.45. The molecule has 6 nitrogen and oxygen atoms in total. The predicted molar refractivity (Wildman–Crippen MR) is 120 cm³/mol. The summed E-state index contributed by atoms with van der Waals surface area (Å²) in [6.07, 6.45) is 5.58. The van der Waals surface area contributed by atoms with Crippen molar-refractivity contribution < 1.29 is 8.60 Å². The van der Waals surface area contributed by atoms with Crippen LogP contribution in [0.25, 0.3) is 22.3 Å². The molecule has 1 aliphatic heterocycles. The van der Waals surface area contributed by atoms with Crippen LogP contribution >= 0.6 is 0 Å². The lowest BCUT2D eigenvalue weighted by Gasteiger charge is -2.34. The summed E-state index contributed by atoms with van der Waals surface area (Å²) in [5.41, 5.74) is 7.96. The molecule has 1 atom stereocenters. The molecule has 0 bridgehead atoms. The lowest BCUT2D eigenvalue weighted by atomic mass is 10.0. The van der Waals surface area contributed by atoms with Crippen LogP contribution in [0.2, 0.25) is 0 Å². The van der Waals surface area contributed by atoms with Gasteiger partial charge < -0.3 is 5.73 Å². The Balaban J connectivity index is 1.40. The van der Waals surface area contributed by atoms with Gasteiger partial charge in [-0.25, -0.2) is 22.9 Å². The van der Waals surface area contributed by atoms with Crippen LogP contribution in [0.5, 0.6) is 0 Å². The highest BCUT2D eigenvalue weighted by Gasteiger charge is 2.32. The lowest BCUT2D eigenvalue weighted by molar-refractivity contribution is 0.184. The second-order valence-corrected chi connectivity index (χ2v) is 9.42. The van der Waals surface area contributed by atoms with E-state index >= 15 is 0 Å². The van der Waals surface area contributed by atoms with Crippen LogP contribution in [0.4, 0.5) is 10.3 Å². The molecule has 2 aromatic carbocycles. The van der Waals surface area contributed by atoms with Crippen molar-refractivity contribution >= 4 is 16.9 Å². The van der Waals surface area contributed by atoms with Gasteiger partial charge >= 0.3 is 0 Å². The van der Waals surface area contributed by atoms with Crippen LogP contribution < -0.4 is 5.73 Å². The highest BCUT2D eigenvalue weighted by molar-refractivity contribution is 7.82. The number of benzene rings is 2. The summed E-state index contributed by atoms with van der Waals surface area (Å²) in [4.78, 5) is 11.1. The van der Waals surface area contributed by atoms with Gasteiger partial charge in [-0.3, -0.25) is 4.90 Å². The Morgan fingerprint density at radius 3 is 2.32 bits per heavy atom. The molecule has 1 saturated carbocycles. The van der Waals surface area contributed by atoms with Gasteiger partial charge in [0.2, 0.25) is 5.95 Å². The van der Waals surface area contributed by atoms with Gasteiger partial charge in [0, 0.05) is 55.7 Å². The molecule has 3 aromatic rings. The Morgan fingerprint density at radius 1 is 0.935 bits per heavy atom. The maximum absolute atomic E-state index is 15.0. The molecular formula is C23H24FN5OS. The van der Waals surface area contributed by atoms with E-state index in [0.717, 1.165) is 37.8 Å². The standard InChI is InChI=1S/C23H24FN5OS/c24-21-13-16(5-8-19(21)17-14-26-23(25)27-15-17)20-3-1-2-4-22(20)31(30)29-11-9-28(10-12-29)18-6-7-18/h1-5,8,13-15,18H,6-7,9-12H2,(H2,25,26,27). The number of nitrogens with zero attached hydrogens (tertiary/aromatic N) is 4. The number of aromatic nitrogens is 2. The van der Waals surface area contributed by atoms with E-state index < -0.39 is 11.0 Å². The number of hydrogen-bond acceptors (Lipinski definition) is 5. The number of piperazine rings is 1. The summed E-state index contributed by atoms with van der Waals surface area (Å²) < 4.78 is 30.4. The maximum Gasteiger partial charge on any atom is 0.219 e. The van der Waals surface area contributed by atoms with Gasteiger partial charge in [0.05, 0.1) is 4.90 Å². The van der Waals surface area contributed by atoms with E-state index in [0.29, 0.717) is 21.6 Å². The van der Waals surface area contributed by atoms with E-state index in [9.17, 15) is 8.60 Å². The third-order valence-electron chi connectivity index (χ3n) is 5.91. The largest absolute Gasteiger partial charge is 0.368 e. The number of nitrogen functional groups attached to an aromatic ring is 1. The zero-order valence-corrected chi connectivity index (χ0v) is 17.9. The third-order valence-corrected chi connectivity index (χ3v) is 7.48. The molecular weight excluding hydrogens is 413 g/mol. The second-order valence-electron chi connectivity index (χ2n) is 7.97. The maximum atomic E-state index is 15.0. The first kappa shape index (κ1) is 20.2. The number of nitrogens with two attached hydrogens (primary N) is 1. The number of halogens is 1. The molecule has 0 spiro atoms. The molecule has 1 aliphatic carbocycles. The molecule has 2 heterocycles. The molecule has 5 rings (SSSR count). The van der Waals surface area contributed by atoms with E-state index in [1.807, 2.05) is 34.6 Å². The first-order valence-corrected chi connectivity index (χ1v) is 11.6. The van der Waals surface area contributed by atoms with Crippen LogP contribution in [0, 0.1) is 5.82 Å². The smallest absolute Gasteiger partial charge is 0.219 e. The van der Waals surface area contributed by atoms with Gasteiger partial charge in [-0.2, -0.15) is 0 Å². The number of anilines is 1. The van der Waals surface area contributed by atoms with Crippen molar-refractivity contribution in [2.24, 2.45) is 0 Å². The predicted octanol–water partition coefficient (Wildman–Crippen LogP) is 3.33.